The molecule has 0 radical (unpaired) electrons. The number of aromatic amines is 1. The molecule has 3 atom stereocenters. The number of nitrogens with one attached hydrogen (secondary N) is 1. The van der Waals surface area contributed by atoms with Crippen LogP contribution in [0.1, 0.15) is 50.1 Å². The summed E-state index contributed by atoms with van der Waals surface area (Å²) in [5.41, 5.74) is 0.276. The number of rotatable bonds is 14. The zero-order valence-electron chi connectivity index (χ0n) is 34.3. The first-order chi connectivity index (χ1) is 29.9. The zero-order chi connectivity index (χ0) is 43.6. The lowest BCUT2D eigenvalue weighted by Crippen LogP contribution is -2.49. The third-order valence-electron chi connectivity index (χ3n) is 11.7. The van der Waals surface area contributed by atoms with E-state index in [1.165, 1.54) is 16.9 Å². The van der Waals surface area contributed by atoms with Gasteiger partial charge in [0.15, 0.2) is 5.54 Å². The minimum atomic E-state index is -3.92. The van der Waals surface area contributed by atoms with Crippen LogP contribution in [-0.2, 0) is 22.8 Å². The lowest BCUT2D eigenvalue weighted by atomic mass is 9.83. The fraction of sp³-hybridized carbons (Fsp3) is 0.283. The largest absolute Gasteiger partial charge is 0.372 e. The van der Waals surface area contributed by atoms with E-state index in [-0.39, 0.29) is 17.8 Å². The van der Waals surface area contributed by atoms with Crippen LogP contribution in [0.25, 0.3) is 16.8 Å². The average Bonchev–Trinajstić information content (AvgIpc) is 3.91. The first-order valence-corrected chi connectivity index (χ1v) is 20.3. The summed E-state index contributed by atoms with van der Waals surface area (Å²) in [6, 6.07) is 30.3. The van der Waals surface area contributed by atoms with Gasteiger partial charge in [0, 0.05) is 60.9 Å². The van der Waals surface area contributed by atoms with Crippen molar-refractivity contribution in [1.29, 1.82) is 0 Å². The van der Waals surface area contributed by atoms with E-state index in [0.29, 0.717) is 29.5 Å². The van der Waals surface area contributed by atoms with E-state index in [2.05, 4.69) is 30.1 Å². The molecular formula is C46H45F4N9O3. The summed E-state index contributed by atoms with van der Waals surface area (Å²) in [6.07, 6.45) is 4.13. The van der Waals surface area contributed by atoms with Gasteiger partial charge in [-0.2, -0.15) is 23.8 Å². The van der Waals surface area contributed by atoms with Crippen LogP contribution in [0.2, 0.25) is 0 Å². The number of hydrogen-bond donors (Lipinski definition) is 1. The number of piperazine rings is 1. The highest BCUT2D eigenvalue weighted by molar-refractivity contribution is 5.66. The Morgan fingerprint density at radius 2 is 1.40 bits per heavy atom. The summed E-state index contributed by atoms with van der Waals surface area (Å²) >= 11 is 0. The topological polar surface area (TPSA) is 119 Å². The smallest absolute Gasteiger partial charge is 0.350 e. The van der Waals surface area contributed by atoms with Crippen LogP contribution in [0.3, 0.4) is 0 Å². The second kappa shape index (κ2) is 17.3. The molecule has 320 valence electrons. The molecule has 1 fully saturated rings. The number of nitrogens with zero attached hydrogens (tertiary/aromatic N) is 8. The molecule has 0 spiro atoms. The quantitative estimate of drug-likeness (QED) is 0.111. The van der Waals surface area contributed by atoms with Gasteiger partial charge < -0.3 is 14.5 Å². The number of H-pyrrole nitrogens is 1. The summed E-state index contributed by atoms with van der Waals surface area (Å²) in [6.45, 7) is 8.51. The van der Waals surface area contributed by atoms with E-state index in [0.717, 1.165) is 85.7 Å². The van der Waals surface area contributed by atoms with Crippen molar-refractivity contribution in [3.05, 3.63) is 177 Å². The highest BCUT2D eigenvalue weighted by Crippen LogP contribution is 2.47. The van der Waals surface area contributed by atoms with Crippen LogP contribution in [0.15, 0.2) is 138 Å². The van der Waals surface area contributed by atoms with Crippen LogP contribution in [0.4, 0.5) is 28.9 Å². The Bertz CT molecular complexity index is 2730. The number of hydrogen-bond acceptors (Lipinski definition) is 8. The van der Waals surface area contributed by atoms with Crippen molar-refractivity contribution in [3.8, 4) is 16.8 Å². The molecule has 1 unspecified atom stereocenters. The Hall–Kier alpha value is -6.81. The Morgan fingerprint density at radius 1 is 0.774 bits per heavy atom. The maximum Gasteiger partial charge on any atom is 0.350 e. The van der Waals surface area contributed by atoms with Crippen molar-refractivity contribution in [2.75, 3.05) is 36.0 Å². The summed E-state index contributed by atoms with van der Waals surface area (Å²) in [5.74, 6) is -6.09. The van der Waals surface area contributed by atoms with E-state index in [1.54, 1.807) is 10.9 Å². The van der Waals surface area contributed by atoms with Gasteiger partial charge in [-0.15, -0.1) is 0 Å². The van der Waals surface area contributed by atoms with Crippen molar-refractivity contribution in [2.45, 2.75) is 57.4 Å². The van der Waals surface area contributed by atoms with Crippen LogP contribution < -0.4 is 21.0 Å². The fourth-order valence-corrected chi connectivity index (χ4v) is 8.05. The maximum atomic E-state index is 16.5. The number of benzene rings is 4. The molecule has 7 aromatic rings. The van der Waals surface area contributed by atoms with E-state index in [1.807, 2.05) is 92.7 Å². The molecule has 4 heterocycles. The van der Waals surface area contributed by atoms with Gasteiger partial charge in [-0.05, 0) is 79.9 Å². The van der Waals surface area contributed by atoms with Gasteiger partial charge in [0.25, 0.3) is 5.56 Å². The van der Waals surface area contributed by atoms with Crippen molar-refractivity contribution < 1.29 is 22.3 Å². The number of pyridine rings is 1. The molecule has 16 heteroatoms. The number of alkyl halides is 2. The lowest BCUT2D eigenvalue weighted by Gasteiger charge is -2.37. The summed E-state index contributed by atoms with van der Waals surface area (Å²) in [5, 5.41) is 10.4. The molecule has 8 rings (SSSR count). The molecule has 12 nitrogen and oxygen atoms in total. The van der Waals surface area contributed by atoms with Crippen molar-refractivity contribution in [1.82, 2.24) is 34.3 Å². The predicted octanol–water partition coefficient (Wildman–Crippen LogP) is 7.70. The zero-order valence-corrected chi connectivity index (χ0v) is 34.3. The van der Waals surface area contributed by atoms with Crippen molar-refractivity contribution in [2.24, 2.45) is 0 Å². The highest BCUT2D eigenvalue weighted by Gasteiger charge is 2.58. The molecule has 0 bridgehead atoms. The third kappa shape index (κ3) is 8.05. The third-order valence-corrected chi connectivity index (χ3v) is 11.7. The van der Waals surface area contributed by atoms with E-state index in [4.69, 9.17) is 4.74 Å². The summed E-state index contributed by atoms with van der Waals surface area (Å²) in [7, 11) is 0. The Morgan fingerprint density at radius 3 is 1.98 bits per heavy atom. The molecule has 1 saturated heterocycles. The molecule has 0 aliphatic carbocycles. The van der Waals surface area contributed by atoms with Gasteiger partial charge in [-0.3, -0.25) is 9.78 Å². The normalized spacial score (nSPS) is 15.3. The molecule has 1 aliphatic heterocycles. The van der Waals surface area contributed by atoms with Crippen molar-refractivity contribution in [3.63, 3.8) is 0 Å². The van der Waals surface area contributed by atoms with Gasteiger partial charge >= 0.3 is 11.6 Å². The standard InChI is InChI=1S/C46H45F4N9O3/c1-4-41(31(2)62-29-32-8-6-5-7-9-32)58-44(61)57(30-53-58)38-18-16-37(17-19-38)56-24-22-55(23-25-56)36-14-10-33(11-15-36)34-12-21-42(51-27-34)46(49,50)45(3,59-52-28-43(60)54-59)39-20-13-35(47)26-40(39)48/h5-21,26-28,30-31,41H,4,22-25,29H2,1-3H3,(H,54,60)/t31-,41-,45?/m0/s1. The van der Waals surface area contributed by atoms with Crippen LogP contribution in [0, 0.1) is 11.6 Å². The summed E-state index contributed by atoms with van der Waals surface area (Å²) in [4.78, 5) is 34.7. The molecule has 0 saturated carbocycles. The predicted molar refractivity (Wildman–Crippen MR) is 228 cm³/mol. The fourth-order valence-electron chi connectivity index (χ4n) is 8.05. The second-order valence-electron chi connectivity index (χ2n) is 15.5. The van der Waals surface area contributed by atoms with Crippen LogP contribution >= 0.6 is 0 Å². The first kappa shape index (κ1) is 41.9. The number of halogens is 4. The van der Waals surface area contributed by atoms with E-state index < -0.39 is 39.9 Å². The molecular weight excluding hydrogens is 803 g/mol. The molecule has 1 aliphatic rings. The van der Waals surface area contributed by atoms with Gasteiger partial charge in [0.2, 0.25) is 0 Å². The SMILES string of the molecule is CC[C@@H]([C@H](C)OCc1ccccc1)n1ncn(-c2ccc(N3CCN(c4ccc(-c5ccc(C(F)(F)C(C)(c6ccc(F)cc6F)n6ncc(=O)[nH]6)nc5)cc4)CC3)cc2)c1=O. The monoisotopic (exact) mass is 847 g/mol. The van der Waals surface area contributed by atoms with E-state index in [9.17, 15) is 14.0 Å². The minimum Gasteiger partial charge on any atom is -0.372 e. The van der Waals surface area contributed by atoms with E-state index >= 15 is 13.2 Å². The maximum absolute atomic E-state index is 16.5. The first-order valence-electron chi connectivity index (χ1n) is 20.3. The highest BCUT2D eigenvalue weighted by atomic mass is 19.3. The van der Waals surface area contributed by atoms with Crippen LogP contribution in [0.5, 0.6) is 0 Å². The number of ether oxygens (including phenoxy) is 1. The molecule has 1 N–H and O–H groups in total. The lowest BCUT2D eigenvalue weighted by molar-refractivity contribution is -0.108. The van der Waals surface area contributed by atoms with Gasteiger partial charge in [-0.25, -0.2) is 27.9 Å². The van der Waals surface area contributed by atoms with Crippen molar-refractivity contribution >= 4 is 11.4 Å². The van der Waals surface area contributed by atoms with Gasteiger partial charge in [0.1, 0.15) is 29.9 Å². The summed E-state index contributed by atoms with van der Waals surface area (Å²) < 4.78 is 71.0. The number of aromatic nitrogens is 7. The van der Waals surface area contributed by atoms with Gasteiger partial charge in [-0.1, -0.05) is 61.5 Å². The molecule has 4 aromatic carbocycles. The Labute approximate surface area is 354 Å². The second-order valence-corrected chi connectivity index (χ2v) is 15.5. The minimum absolute atomic E-state index is 0.222. The van der Waals surface area contributed by atoms with Crippen LogP contribution in [-0.4, -0.2) is 66.6 Å². The Balaban J connectivity index is 0.894. The average molecular weight is 848 g/mol. The van der Waals surface area contributed by atoms with Gasteiger partial charge in [0.05, 0.1) is 24.4 Å². The molecule has 0 amide bonds. The molecule has 3 aromatic heterocycles. The molecule has 62 heavy (non-hydrogen) atoms. The Kier molecular flexibility index (Phi) is 11.7. The number of anilines is 2.